The number of hydrogen-bond acceptors (Lipinski definition) is 2. The van der Waals surface area contributed by atoms with Crippen molar-refractivity contribution in [1.29, 1.82) is 0 Å². The number of nitrogens with one attached hydrogen (secondary N) is 1. The van der Waals surface area contributed by atoms with Crippen LogP contribution in [-0.4, -0.2) is 12.6 Å². The van der Waals surface area contributed by atoms with Crippen LogP contribution in [0.1, 0.15) is 25.3 Å². The molecule has 0 atom stereocenters. The van der Waals surface area contributed by atoms with E-state index in [0.29, 0.717) is 12.3 Å². The van der Waals surface area contributed by atoms with Crippen LogP contribution in [0.5, 0.6) is 5.75 Å². The first-order valence-corrected chi connectivity index (χ1v) is 18.8. The van der Waals surface area contributed by atoms with E-state index >= 15 is 0 Å². The molecule has 1 amide bonds. The Morgan fingerprint density at radius 2 is 0.979 bits per heavy atom. The van der Waals surface area contributed by atoms with E-state index in [2.05, 4.69) is 165 Å². The molecule has 6 aromatic carbocycles. The van der Waals surface area contributed by atoms with Crippen LogP contribution in [0.3, 0.4) is 0 Å². The van der Waals surface area contributed by atoms with E-state index in [9.17, 15) is 4.79 Å². The summed E-state index contributed by atoms with van der Waals surface area (Å²) in [5.74, 6) is 0.572. The summed E-state index contributed by atoms with van der Waals surface area (Å²) in [6.45, 7) is 4.87. The second-order valence-electron chi connectivity index (χ2n) is 11.3. The van der Waals surface area contributed by atoms with Crippen LogP contribution in [0.2, 0.25) is 0 Å². The normalized spacial score (nSPS) is 11.1. The fourth-order valence-corrected chi connectivity index (χ4v) is 10.9. The molecule has 0 fully saturated rings. The molecule has 0 radical (unpaired) electrons. The number of carbonyl (C=O) groups is 1. The largest absolute Gasteiger partial charge is 0.412 e. The molecule has 0 aromatic heterocycles. The highest BCUT2D eigenvalue weighted by molar-refractivity contribution is 7.80. The summed E-state index contributed by atoms with van der Waals surface area (Å²) < 4.78 is 6.28. The van der Waals surface area contributed by atoms with Crippen LogP contribution in [0.4, 0.5) is 4.79 Å². The van der Waals surface area contributed by atoms with Crippen LogP contribution in [0, 0.1) is 6.92 Å². The zero-order chi connectivity index (χ0) is 32.4. The van der Waals surface area contributed by atoms with E-state index in [1.54, 1.807) is 0 Å². The van der Waals surface area contributed by atoms with Gasteiger partial charge in [0.25, 0.3) is 0 Å². The molecule has 0 aliphatic heterocycles. The van der Waals surface area contributed by atoms with Gasteiger partial charge in [0, 0.05) is 12.1 Å². The van der Waals surface area contributed by atoms with Gasteiger partial charge >= 0.3 is 6.09 Å². The van der Waals surface area contributed by atoms with E-state index in [1.807, 2.05) is 12.1 Å². The Kier molecular flexibility index (Phi) is 10.9. The standard InChI is InChI=1S/C42H39NO2P2/c1-3-4-31-43-42(44)45-37-28-18-30-39(47(35-24-13-7-14-25-35)36-26-15-8-16-27-36)41(37)40-32(2)19-17-29-38(40)46(33-20-9-5-10-21-33)34-22-11-6-12-23-34/h5-30H,3-4,31H2,1-2H3,(H,43,44). The second-order valence-corrected chi connectivity index (χ2v) is 15.7. The zero-order valence-electron chi connectivity index (χ0n) is 26.8. The van der Waals surface area contributed by atoms with Crippen molar-refractivity contribution in [2.24, 2.45) is 0 Å². The number of amides is 1. The molecular formula is C42H39NO2P2. The van der Waals surface area contributed by atoms with Gasteiger partial charge in [-0.05, 0) is 78.2 Å². The van der Waals surface area contributed by atoms with Gasteiger partial charge in [-0.3, -0.25) is 0 Å². The summed E-state index contributed by atoms with van der Waals surface area (Å²) in [7, 11) is -1.94. The first-order valence-electron chi connectivity index (χ1n) is 16.1. The number of hydrogen-bond donors (Lipinski definition) is 1. The molecule has 0 heterocycles. The van der Waals surface area contributed by atoms with E-state index in [4.69, 9.17) is 4.74 Å². The van der Waals surface area contributed by atoms with Crippen molar-refractivity contribution < 1.29 is 9.53 Å². The highest BCUT2D eigenvalue weighted by Crippen LogP contribution is 2.45. The fourth-order valence-electron chi connectivity index (χ4n) is 5.87. The van der Waals surface area contributed by atoms with Gasteiger partial charge in [-0.1, -0.05) is 165 Å². The minimum atomic E-state index is -1.00. The maximum Gasteiger partial charge on any atom is 0.412 e. The van der Waals surface area contributed by atoms with Crippen molar-refractivity contribution in [3.63, 3.8) is 0 Å². The Hall–Kier alpha value is -4.55. The van der Waals surface area contributed by atoms with Crippen molar-refractivity contribution in [2.75, 3.05) is 6.54 Å². The smallest absolute Gasteiger partial charge is 0.410 e. The molecule has 1 N–H and O–H groups in total. The van der Waals surface area contributed by atoms with Gasteiger partial charge in [0.15, 0.2) is 0 Å². The average Bonchev–Trinajstić information content (AvgIpc) is 3.11. The van der Waals surface area contributed by atoms with Gasteiger partial charge in [-0.2, -0.15) is 0 Å². The Bertz CT molecular complexity index is 1820. The number of benzene rings is 6. The van der Waals surface area contributed by atoms with Crippen molar-refractivity contribution in [2.45, 2.75) is 26.7 Å². The number of carbonyl (C=O) groups excluding carboxylic acids is 1. The lowest BCUT2D eigenvalue weighted by molar-refractivity contribution is 0.200. The lowest BCUT2D eigenvalue weighted by Crippen LogP contribution is -2.30. The Morgan fingerprint density at radius 1 is 0.553 bits per heavy atom. The molecule has 6 aromatic rings. The van der Waals surface area contributed by atoms with Crippen LogP contribution in [0.25, 0.3) is 11.1 Å². The van der Waals surface area contributed by atoms with Gasteiger partial charge in [0.05, 0.1) is 0 Å². The van der Waals surface area contributed by atoms with Gasteiger partial charge in [0.2, 0.25) is 0 Å². The summed E-state index contributed by atoms with van der Waals surface area (Å²) >= 11 is 0. The fraction of sp³-hybridized carbons (Fsp3) is 0.119. The second kappa shape index (κ2) is 15.8. The highest BCUT2D eigenvalue weighted by atomic mass is 31.1. The van der Waals surface area contributed by atoms with Gasteiger partial charge in [0.1, 0.15) is 5.75 Å². The third-order valence-electron chi connectivity index (χ3n) is 8.05. The minimum absolute atomic E-state index is 0.427. The zero-order valence-corrected chi connectivity index (χ0v) is 28.6. The van der Waals surface area contributed by atoms with E-state index in [0.717, 1.165) is 34.8 Å². The Labute approximate surface area is 281 Å². The van der Waals surface area contributed by atoms with Crippen LogP contribution in [-0.2, 0) is 0 Å². The number of rotatable bonds is 11. The molecule has 6 rings (SSSR count). The molecule has 0 bridgehead atoms. The maximum atomic E-state index is 13.3. The van der Waals surface area contributed by atoms with Crippen molar-refractivity contribution in [3.8, 4) is 16.9 Å². The topological polar surface area (TPSA) is 38.3 Å². The molecule has 0 spiro atoms. The van der Waals surface area contributed by atoms with Gasteiger partial charge in [-0.15, -0.1) is 0 Å². The van der Waals surface area contributed by atoms with E-state index in [-0.39, 0.29) is 0 Å². The van der Waals surface area contributed by atoms with Crippen molar-refractivity contribution in [3.05, 3.63) is 163 Å². The number of ether oxygens (including phenoxy) is 1. The molecule has 47 heavy (non-hydrogen) atoms. The highest BCUT2D eigenvalue weighted by Gasteiger charge is 2.29. The van der Waals surface area contributed by atoms with Crippen LogP contribution in [0.15, 0.2) is 158 Å². The minimum Gasteiger partial charge on any atom is -0.410 e. The lowest BCUT2D eigenvalue weighted by atomic mass is 9.99. The predicted molar refractivity (Wildman–Crippen MR) is 203 cm³/mol. The van der Waals surface area contributed by atoms with E-state index in [1.165, 1.54) is 26.5 Å². The molecule has 5 heteroatoms. The summed E-state index contributed by atoms with van der Waals surface area (Å²) in [5.41, 5.74) is 3.24. The molecule has 0 aliphatic carbocycles. The van der Waals surface area contributed by atoms with Gasteiger partial charge < -0.3 is 10.1 Å². The summed E-state index contributed by atoms with van der Waals surface area (Å²) in [5, 5.41) is 10.4. The number of aryl methyl sites for hydroxylation is 1. The molecule has 0 saturated heterocycles. The van der Waals surface area contributed by atoms with Crippen molar-refractivity contribution in [1.82, 2.24) is 5.32 Å². The monoisotopic (exact) mass is 651 g/mol. The molecule has 3 nitrogen and oxygen atoms in total. The average molecular weight is 652 g/mol. The summed E-state index contributed by atoms with van der Waals surface area (Å²) in [4.78, 5) is 13.3. The first kappa shape index (κ1) is 32.4. The van der Waals surface area contributed by atoms with E-state index < -0.39 is 21.9 Å². The molecular weight excluding hydrogens is 612 g/mol. The summed E-state index contributed by atoms with van der Waals surface area (Å²) in [6.07, 6.45) is 1.47. The third-order valence-corrected chi connectivity index (χ3v) is 13.0. The first-order chi connectivity index (χ1) is 23.2. The van der Waals surface area contributed by atoms with Crippen LogP contribution < -0.4 is 41.9 Å². The summed E-state index contributed by atoms with van der Waals surface area (Å²) in [6, 6.07) is 55.8. The lowest BCUT2D eigenvalue weighted by Gasteiger charge is -2.28. The maximum absolute atomic E-state index is 13.3. The third kappa shape index (κ3) is 7.55. The quantitative estimate of drug-likeness (QED) is 0.114. The molecule has 0 aliphatic rings. The number of unbranched alkanes of at least 4 members (excludes halogenated alkanes) is 1. The molecule has 0 saturated carbocycles. The Morgan fingerprint density at radius 3 is 1.43 bits per heavy atom. The predicted octanol–water partition coefficient (Wildman–Crippen LogP) is 8.07. The van der Waals surface area contributed by atoms with Gasteiger partial charge in [-0.25, -0.2) is 4.79 Å². The molecule has 0 unspecified atom stereocenters. The molecule has 234 valence electrons. The Balaban J connectivity index is 1.64. The SMILES string of the molecule is CCCCNC(=O)Oc1cccc(P(c2ccccc2)c2ccccc2)c1-c1c(C)cccc1P(c1ccccc1)c1ccccc1. The van der Waals surface area contributed by atoms with Crippen molar-refractivity contribution >= 4 is 53.8 Å². The van der Waals surface area contributed by atoms with Crippen LogP contribution >= 0.6 is 15.8 Å².